The standard InChI is InChI=1S/C13H24N2O4/c1-3-9(8-19-2)14-13(18)15-11-7-5-4-6-10(11)12(16)17/h9-11H,3-8H2,1-2H3,(H,16,17)(H2,14,15,18). The van der Waals surface area contributed by atoms with Crippen molar-refractivity contribution < 1.29 is 19.4 Å². The van der Waals surface area contributed by atoms with Gasteiger partial charge in [-0.25, -0.2) is 4.79 Å². The Hall–Kier alpha value is -1.30. The van der Waals surface area contributed by atoms with Crippen LogP contribution in [-0.2, 0) is 9.53 Å². The highest BCUT2D eigenvalue weighted by Gasteiger charge is 2.31. The van der Waals surface area contributed by atoms with E-state index in [1.54, 1.807) is 7.11 Å². The monoisotopic (exact) mass is 272 g/mol. The lowest BCUT2D eigenvalue weighted by molar-refractivity contribution is -0.143. The highest BCUT2D eigenvalue weighted by atomic mass is 16.5. The van der Waals surface area contributed by atoms with Gasteiger partial charge >= 0.3 is 12.0 Å². The number of carboxylic acids is 1. The number of ether oxygens (including phenoxy) is 1. The number of carboxylic acid groups (broad SMARTS) is 1. The van der Waals surface area contributed by atoms with E-state index < -0.39 is 11.9 Å². The second-order valence-electron chi connectivity index (χ2n) is 5.01. The second kappa shape index (κ2) is 7.99. The molecule has 0 aromatic rings. The van der Waals surface area contributed by atoms with Crippen LogP contribution in [0.15, 0.2) is 0 Å². The zero-order chi connectivity index (χ0) is 14.3. The SMILES string of the molecule is CCC(COC)NC(=O)NC1CCCCC1C(=O)O. The average Bonchev–Trinajstić information content (AvgIpc) is 2.38. The first-order valence-corrected chi connectivity index (χ1v) is 6.87. The molecule has 19 heavy (non-hydrogen) atoms. The van der Waals surface area contributed by atoms with Gasteiger partial charge in [-0.1, -0.05) is 19.8 Å². The molecular weight excluding hydrogens is 248 g/mol. The van der Waals surface area contributed by atoms with Crippen LogP contribution in [0.25, 0.3) is 0 Å². The molecule has 0 aromatic carbocycles. The number of amides is 2. The summed E-state index contributed by atoms with van der Waals surface area (Å²) >= 11 is 0. The lowest BCUT2D eigenvalue weighted by Gasteiger charge is -2.30. The van der Waals surface area contributed by atoms with Crippen molar-refractivity contribution in [2.45, 2.75) is 51.1 Å². The van der Waals surface area contributed by atoms with Crippen molar-refractivity contribution in [3.05, 3.63) is 0 Å². The van der Waals surface area contributed by atoms with E-state index in [0.29, 0.717) is 13.0 Å². The smallest absolute Gasteiger partial charge is 0.315 e. The minimum absolute atomic E-state index is 0.0446. The van der Waals surface area contributed by atoms with E-state index in [-0.39, 0.29) is 18.1 Å². The molecule has 6 heteroatoms. The first-order valence-electron chi connectivity index (χ1n) is 6.87. The zero-order valence-corrected chi connectivity index (χ0v) is 11.6. The van der Waals surface area contributed by atoms with Gasteiger partial charge in [0.25, 0.3) is 0 Å². The summed E-state index contributed by atoms with van der Waals surface area (Å²) in [5, 5.41) is 14.7. The summed E-state index contributed by atoms with van der Waals surface area (Å²) in [5.74, 6) is -1.30. The molecule has 1 aliphatic rings. The van der Waals surface area contributed by atoms with E-state index in [1.165, 1.54) is 0 Å². The van der Waals surface area contributed by atoms with E-state index in [1.807, 2.05) is 6.92 Å². The third kappa shape index (κ3) is 5.06. The average molecular weight is 272 g/mol. The topological polar surface area (TPSA) is 87.7 Å². The van der Waals surface area contributed by atoms with Crippen LogP contribution >= 0.6 is 0 Å². The molecule has 0 heterocycles. The summed E-state index contributed by atoms with van der Waals surface area (Å²) < 4.78 is 5.01. The first kappa shape index (κ1) is 15.8. The fourth-order valence-electron chi connectivity index (χ4n) is 2.46. The van der Waals surface area contributed by atoms with Gasteiger partial charge in [0.05, 0.1) is 18.6 Å². The highest BCUT2D eigenvalue weighted by Crippen LogP contribution is 2.24. The van der Waals surface area contributed by atoms with E-state index >= 15 is 0 Å². The summed E-state index contributed by atoms with van der Waals surface area (Å²) in [5.41, 5.74) is 0. The van der Waals surface area contributed by atoms with Crippen LogP contribution in [0.2, 0.25) is 0 Å². The van der Waals surface area contributed by atoms with Crippen LogP contribution < -0.4 is 10.6 Å². The largest absolute Gasteiger partial charge is 0.481 e. The lowest BCUT2D eigenvalue weighted by atomic mass is 9.84. The molecule has 0 radical (unpaired) electrons. The molecule has 0 bridgehead atoms. The molecular formula is C13H24N2O4. The minimum Gasteiger partial charge on any atom is -0.481 e. The molecule has 1 rings (SSSR count). The van der Waals surface area contributed by atoms with Crippen molar-refractivity contribution in [1.82, 2.24) is 10.6 Å². The maximum absolute atomic E-state index is 11.9. The normalized spacial score (nSPS) is 24.5. The van der Waals surface area contributed by atoms with Gasteiger partial charge in [0, 0.05) is 13.2 Å². The number of methoxy groups -OCH3 is 1. The number of hydrogen-bond donors (Lipinski definition) is 3. The van der Waals surface area contributed by atoms with Gasteiger partial charge in [0.1, 0.15) is 0 Å². The molecule has 3 N–H and O–H groups in total. The van der Waals surface area contributed by atoms with Gasteiger partial charge in [-0.15, -0.1) is 0 Å². The molecule has 1 saturated carbocycles. The summed E-state index contributed by atoms with van der Waals surface area (Å²) in [7, 11) is 1.59. The number of hydrogen-bond acceptors (Lipinski definition) is 3. The van der Waals surface area contributed by atoms with Crippen LogP contribution in [0.4, 0.5) is 4.79 Å². The van der Waals surface area contributed by atoms with Crippen LogP contribution in [0.3, 0.4) is 0 Å². The van der Waals surface area contributed by atoms with Crippen LogP contribution in [0.5, 0.6) is 0 Å². The third-order valence-electron chi connectivity index (χ3n) is 3.60. The summed E-state index contributed by atoms with van der Waals surface area (Å²) in [6, 6.07) is -0.620. The van der Waals surface area contributed by atoms with Crippen molar-refractivity contribution in [3.8, 4) is 0 Å². The molecule has 6 nitrogen and oxygen atoms in total. The summed E-state index contributed by atoms with van der Waals surface area (Å²) in [6.45, 7) is 2.42. The van der Waals surface area contributed by atoms with Crippen molar-refractivity contribution in [2.24, 2.45) is 5.92 Å². The van der Waals surface area contributed by atoms with Crippen molar-refractivity contribution in [2.75, 3.05) is 13.7 Å². The third-order valence-corrected chi connectivity index (χ3v) is 3.60. The van der Waals surface area contributed by atoms with Crippen molar-refractivity contribution >= 4 is 12.0 Å². The van der Waals surface area contributed by atoms with Crippen LogP contribution in [0, 0.1) is 5.92 Å². The Kier molecular flexibility index (Phi) is 6.62. The van der Waals surface area contributed by atoms with Gasteiger partial charge in [-0.3, -0.25) is 4.79 Å². The Bertz CT molecular complexity index is 309. The molecule has 2 amide bonds. The van der Waals surface area contributed by atoms with Gasteiger partial charge in [-0.05, 0) is 19.3 Å². The van der Waals surface area contributed by atoms with Gasteiger partial charge in [-0.2, -0.15) is 0 Å². The Morgan fingerprint density at radius 1 is 1.37 bits per heavy atom. The number of urea groups is 1. The lowest BCUT2D eigenvalue weighted by Crippen LogP contribution is -2.51. The maximum atomic E-state index is 11.9. The predicted octanol–water partition coefficient (Wildman–Crippen LogP) is 1.35. The van der Waals surface area contributed by atoms with E-state index in [9.17, 15) is 9.59 Å². The van der Waals surface area contributed by atoms with E-state index in [2.05, 4.69) is 10.6 Å². The molecule has 1 aliphatic carbocycles. The Balaban J connectivity index is 2.47. The fourth-order valence-corrected chi connectivity index (χ4v) is 2.46. The Labute approximate surface area is 113 Å². The number of aliphatic carboxylic acids is 1. The quantitative estimate of drug-likeness (QED) is 0.681. The number of rotatable bonds is 6. The van der Waals surface area contributed by atoms with Crippen LogP contribution in [0.1, 0.15) is 39.0 Å². The molecule has 3 unspecified atom stereocenters. The first-order chi connectivity index (χ1) is 9.08. The van der Waals surface area contributed by atoms with Gasteiger partial charge < -0.3 is 20.5 Å². The summed E-state index contributed by atoms with van der Waals surface area (Å²) in [6.07, 6.45) is 4.01. The number of carbonyl (C=O) groups is 2. The van der Waals surface area contributed by atoms with Gasteiger partial charge in [0.2, 0.25) is 0 Å². The zero-order valence-electron chi connectivity index (χ0n) is 11.6. The Morgan fingerprint density at radius 3 is 2.63 bits per heavy atom. The molecule has 110 valence electrons. The second-order valence-corrected chi connectivity index (χ2v) is 5.01. The van der Waals surface area contributed by atoms with Crippen LogP contribution in [-0.4, -0.2) is 42.9 Å². The minimum atomic E-state index is -0.825. The highest BCUT2D eigenvalue weighted by molar-refractivity contribution is 5.77. The molecule has 3 atom stereocenters. The van der Waals surface area contributed by atoms with E-state index in [0.717, 1.165) is 25.7 Å². The van der Waals surface area contributed by atoms with Crippen molar-refractivity contribution in [3.63, 3.8) is 0 Å². The maximum Gasteiger partial charge on any atom is 0.315 e. The molecule has 0 spiro atoms. The van der Waals surface area contributed by atoms with Gasteiger partial charge in [0.15, 0.2) is 0 Å². The molecule has 0 aromatic heterocycles. The van der Waals surface area contributed by atoms with E-state index in [4.69, 9.17) is 9.84 Å². The molecule has 0 saturated heterocycles. The molecule has 0 aliphatic heterocycles. The fraction of sp³-hybridized carbons (Fsp3) is 0.846. The predicted molar refractivity (Wildman–Crippen MR) is 71.0 cm³/mol. The number of carbonyl (C=O) groups excluding carboxylic acids is 1. The molecule has 1 fully saturated rings. The Morgan fingerprint density at radius 2 is 2.05 bits per heavy atom. The summed E-state index contributed by atoms with van der Waals surface area (Å²) in [4.78, 5) is 23.0. The van der Waals surface area contributed by atoms with Crippen molar-refractivity contribution in [1.29, 1.82) is 0 Å². The number of nitrogens with one attached hydrogen (secondary N) is 2.